The van der Waals surface area contributed by atoms with Crippen LogP contribution in [0, 0.1) is 5.82 Å². The number of carbonyl (C=O) groups excluding carboxylic acids is 2. The zero-order chi connectivity index (χ0) is 30.3. The van der Waals surface area contributed by atoms with Gasteiger partial charge in [-0.3, -0.25) is 9.59 Å². The average molecular weight is 588 g/mol. The molecule has 4 aromatic rings. The van der Waals surface area contributed by atoms with Gasteiger partial charge in [0.1, 0.15) is 28.9 Å². The monoisotopic (exact) mass is 587 g/mol. The molecule has 0 bridgehead atoms. The Kier molecular flexibility index (Phi) is 9.54. The first-order valence-corrected chi connectivity index (χ1v) is 14.8. The van der Waals surface area contributed by atoms with Gasteiger partial charge in [-0.25, -0.2) is 4.39 Å². The van der Waals surface area contributed by atoms with Crippen molar-refractivity contribution >= 4 is 22.8 Å². The van der Waals surface area contributed by atoms with Crippen LogP contribution in [0.25, 0.3) is 11.0 Å². The summed E-state index contributed by atoms with van der Waals surface area (Å²) in [5.74, 6) is 0.141. The second kappa shape index (κ2) is 13.7. The number of rotatable bonds is 11. The molecule has 2 amide bonds. The Labute approximate surface area is 251 Å². The lowest BCUT2D eigenvalue weighted by Gasteiger charge is -2.34. The maximum atomic E-state index is 14.4. The van der Waals surface area contributed by atoms with Gasteiger partial charge in [-0.05, 0) is 73.7 Å². The Balaban J connectivity index is 1.51. The normalized spacial score (nSPS) is 15.1. The summed E-state index contributed by atoms with van der Waals surface area (Å²) >= 11 is 0. The van der Waals surface area contributed by atoms with E-state index >= 15 is 0 Å². The van der Waals surface area contributed by atoms with Crippen LogP contribution in [0.3, 0.4) is 0 Å². The number of ether oxygens (including phenoxy) is 2. The third-order valence-electron chi connectivity index (χ3n) is 8.08. The molecule has 9 nitrogen and oxygen atoms in total. The van der Waals surface area contributed by atoms with Crippen LogP contribution in [0.15, 0.2) is 66.7 Å². The van der Waals surface area contributed by atoms with E-state index in [1.54, 1.807) is 38.2 Å². The predicted octanol–water partition coefficient (Wildman–Crippen LogP) is 5.41. The highest BCUT2D eigenvalue weighted by atomic mass is 19.1. The highest BCUT2D eigenvalue weighted by Gasteiger charge is 2.36. The summed E-state index contributed by atoms with van der Waals surface area (Å²) in [6, 6.07) is 17.0. The van der Waals surface area contributed by atoms with E-state index in [0.29, 0.717) is 34.5 Å². The molecule has 0 radical (unpaired) electrons. The molecule has 1 N–H and O–H groups in total. The van der Waals surface area contributed by atoms with Gasteiger partial charge in [-0.2, -0.15) is 15.0 Å². The van der Waals surface area contributed by atoms with Crippen molar-refractivity contribution in [3.8, 4) is 11.5 Å². The van der Waals surface area contributed by atoms with Crippen molar-refractivity contribution in [2.24, 2.45) is 0 Å². The molecule has 5 rings (SSSR count). The standard InChI is InChI=1S/C33H38FN5O4/c1-22(39-36-27-11-7-8-12-28(27)37-39)33(41)38(20-19-23-13-18-29(42-2)30(21-23)43-3)31(24-14-16-25(34)17-15-24)32(40)35-26-9-5-4-6-10-26/h7-8,11-18,21-22,26,31H,4-6,9-10,19-20H2,1-3H3,(H,35,40). The molecule has 3 aromatic carbocycles. The van der Waals surface area contributed by atoms with Gasteiger partial charge < -0.3 is 19.7 Å². The predicted molar refractivity (Wildman–Crippen MR) is 161 cm³/mol. The van der Waals surface area contributed by atoms with Gasteiger partial charge in [0, 0.05) is 12.6 Å². The molecule has 1 aliphatic rings. The Morgan fingerprint density at radius 2 is 1.60 bits per heavy atom. The lowest BCUT2D eigenvalue weighted by Crippen LogP contribution is -2.49. The minimum absolute atomic E-state index is 0.0301. The Bertz CT molecular complexity index is 1520. The highest BCUT2D eigenvalue weighted by Crippen LogP contribution is 2.30. The molecule has 1 saturated carbocycles. The zero-order valence-electron chi connectivity index (χ0n) is 24.8. The Hall–Kier alpha value is -4.47. The molecular formula is C33H38FN5O4. The van der Waals surface area contributed by atoms with E-state index in [1.165, 1.54) is 16.9 Å². The average Bonchev–Trinajstić information content (AvgIpc) is 3.48. The summed E-state index contributed by atoms with van der Waals surface area (Å²) in [6.45, 7) is 1.94. The quantitative estimate of drug-likeness (QED) is 0.252. The molecule has 1 fully saturated rings. The van der Waals surface area contributed by atoms with Crippen LogP contribution in [0.4, 0.5) is 4.39 Å². The van der Waals surface area contributed by atoms with Crippen molar-refractivity contribution in [3.05, 3.63) is 83.7 Å². The number of aromatic nitrogens is 3. The fraction of sp³-hybridized carbons (Fsp3) is 0.394. The first kappa shape index (κ1) is 30.0. The van der Waals surface area contributed by atoms with Crippen LogP contribution < -0.4 is 14.8 Å². The van der Waals surface area contributed by atoms with Crippen LogP contribution in [0.5, 0.6) is 11.5 Å². The number of amides is 2. The van der Waals surface area contributed by atoms with Crippen molar-refractivity contribution in [1.82, 2.24) is 25.2 Å². The summed E-state index contributed by atoms with van der Waals surface area (Å²) in [4.78, 5) is 31.4. The first-order chi connectivity index (χ1) is 20.9. The molecule has 10 heteroatoms. The lowest BCUT2D eigenvalue weighted by molar-refractivity contribution is -0.144. The fourth-order valence-electron chi connectivity index (χ4n) is 5.69. The second-order valence-corrected chi connectivity index (χ2v) is 11.0. The SMILES string of the molecule is COc1ccc(CCN(C(=O)C(C)n2nc3ccccc3n2)C(C(=O)NC2CCCCC2)c2ccc(F)cc2)cc1OC. The minimum Gasteiger partial charge on any atom is -0.493 e. The second-order valence-electron chi connectivity index (χ2n) is 11.0. The summed E-state index contributed by atoms with van der Waals surface area (Å²) in [7, 11) is 3.14. The van der Waals surface area contributed by atoms with E-state index in [2.05, 4.69) is 15.5 Å². The molecule has 1 heterocycles. The molecular weight excluding hydrogens is 549 g/mol. The molecule has 2 unspecified atom stereocenters. The van der Waals surface area contributed by atoms with E-state index in [9.17, 15) is 14.0 Å². The third-order valence-corrected chi connectivity index (χ3v) is 8.08. The number of methoxy groups -OCH3 is 2. The molecule has 0 saturated heterocycles. The summed E-state index contributed by atoms with van der Waals surface area (Å²) in [5.41, 5.74) is 2.77. The van der Waals surface area contributed by atoms with E-state index in [-0.39, 0.29) is 24.4 Å². The van der Waals surface area contributed by atoms with Gasteiger partial charge in [-0.1, -0.05) is 49.6 Å². The van der Waals surface area contributed by atoms with Gasteiger partial charge in [-0.15, -0.1) is 0 Å². The van der Waals surface area contributed by atoms with Crippen LogP contribution >= 0.6 is 0 Å². The van der Waals surface area contributed by atoms with Gasteiger partial charge in [0.15, 0.2) is 11.5 Å². The summed E-state index contributed by atoms with van der Waals surface area (Å²) in [5, 5.41) is 12.3. The van der Waals surface area contributed by atoms with E-state index in [4.69, 9.17) is 9.47 Å². The maximum absolute atomic E-state index is 14.4. The number of carbonyl (C=O) groups is 2. The van der Waals surface area contributed by atoms with E-state index in [1.807, 2.05) is 42.5 Å². The molecule has 1 aromatic heterocycles. The molecule has 2 atom stereocenters. The maximum Gasteiger partial charge on any atom is 0.249 e. The smallest absolute Gasteiger partial charge is 0.249 e. The summed E-state index contributed by atoms with van der Waals surface area (Å²) in [6.07, 6.45) is 5.45. The van der Waals surface area contributed by atoms with E-state index in [0.717, 1.165) is 37.7 Å². The number of halogens is 1. The van der Waals surface area contributed by atoms with Crippen LogP contribution in [-0.2, 0) is 16.0 Å². The van der Waals surface area contributed by atoms with Gasteiger partial charge >= 0.3 is 0 Å². The number of benzene rings is 3. The molecule has 43 heavy (non-hydrogen) atoms. The lowest BCUT2D eigenvalue weighted by atomic mass is 9.94. The Morgan fingerprint density at radius 3 is 2.23 bits per heavy atom. The fourth-order valence-corrected chi connectivity index (χ4v) is 5.69. The van der Waals surface area contributed by atoms with Crippen molar-refractivity contribution in [1.29, 1.82) is 0 Å². The van der Waals surface area contributed by atoms with Crippen molar-refractivity contribution in [3.63, 3.8) is 0 Å². The number of hydrogen-bond donors (Lipinski definition) is 1. The number of nitrogens with zero attached hydrogens (tertiary/aromatic N) is 4. The van der Waals surface area contributed by atoms with Crippen molar-refractivity contribution in [2.45, 2.75) is 63.6 Å². The zero-order valence-corrected chi connectivity index (χ0v) is 24.8. The van der Waals surface area contributed by atoms with Crippen LogP contribution in [-0.4, -0.2) is 58.5 Å². The van der Waals surface area contributed by atoms with Crippen molar-refractivity contribution in [2.75, 3.05) is 20.8 Å². The summed E-state index contributed by atoms with van der Waals surface area (Å²) < 4.78 is 24.9. The highest BCUT2D eigenvalue weighted by molar-refractivity contribution is 5.90. The number of hydrogen-bond acceptors (Lipinski definition) is 6. The van der Waals surface area contributed by atoms with Crippen LogP contribution in [0.1, 0.15) is 62.2 Å². The van der Waals surface area contributed by atoms with Crippen molar-refractivity contribution < 1.29 is 23.5 Å². The van der Waals surface area contributed by atoms with Gasteiger partial charge in [0.2, 0.25) is 11.8 Å². The molecule has 226 valence electrons. The third kappa shape index (κ3) is 6.96. The van der Waals surface area contributed by atoms with Gasteiger partial charge in [0.25, 0.3) is 0 Å². The first-order valence-electron chi connectivity index (χ1n) is 14.8. The molecule has 0 aliphatic heterocycles. The van der Waals surface area contributed by atoms with E-state index < -0.39 is 17.9 Å². The number of nitrogens with one attached hydrogen (secondary N) is 1. The molecule has 0 spiro atoms. The van der Waals surface area contributed by atoms with Gasteiger partial charge in [0.05, 0.1) is 14.2 Å². The molecule has 1 aliphatic carbocycles. The van der Waals surface area contributed by atoms with Crippen LogP contribution in [0.2, 0.25) is 0 Å². The Morgan fingerprint density at radius 1 is 0.953 bits per heavy atom. The largest absolute Gasteiger partial charge is 0.493 e. The minimum atomic E-state index is -0.984. The number of fused-ring (bicyclic) bond motifs is 1. The topological polar surface area (TPSA) is 98.6 Å².